The van der Waals surface area contributed by atoms with Crippen molar-refractivity contribution in [3.8, 4) is 17.0 Å². The van der Waals surface area contributed by atoms with Gasteiger partial charge in [-0.05, 0) is 75.9 Å². The van der Waals surface area contributed by atoms with E-state index in [1.807, 2.05) is 38.1 Å². The molecular weight excluding hydrogens is 452 g/mol. The molecule has 2 aromatic rings. The van der Waals surface area contributed by atoms with Gasteiger partial charge >= 0.3 is 6.09 Å². The number of fused-ring (bicyclic) bond motifs is 1. The Morgan fingerprint density at radius 3 is 2.47 bits per heavy atom. The minimum atomic E-state index is -3.15. The van der Waals surface area contributed by atoms with E-state index in [9.17, 15) is 13.2 Å². The first-order chi connectivity index (χ1) is 16.1. The molecule has 1 aromatic heterocycles. The molecule has 0 atom stereocenters. The van der Waals surface area contributed by atoms with Crippen LogP contribution in [0.2, 0.25) is 0 Å². The van der Waals surface area contributed by atoms with E-state index < -0.39 is 15.1 Å². The van der Waals surface area contributed by atoms with Gasteiger partial charge < -0.3 is 14.4 Å². The van der Waals surface area contributed by atoms with Crippen LogP contribution in [0.3, 0.4) is 0 Å². The summed E-state index contributed by atoms with van der Waals surface area (Å²) < 4.78 is 36.2. The number of hydrogen-bond donors (Lipinski definition) is 0. The maximum absolute atomic E-state index is 12.2. The van der Waals surface area contributed by atoms with Gasteiger partial charge in [0, 0.05) is 37.7 Å². The SMILES string of the molecule is CC(C)OC(=O)N1CCC2(CCc3cc(-c4ccc(CS(=O)(=O)C(C)C)cn4)ccc3O2)CC1. The van der Waals surface area contributed by atoms with Gasteiger partial charge in [-0.1, -0.05) is 6.07 Å². The van der Waals surface area contributed by atoms with Gasteiger partial charge in [0.2, 0.25) is 0 Å². The standard InChI is InChI=1S/C26H34N2O5S/c1-18(2)32-25(29)28-13-11-26(12-14-28)10-9-22-15-21(6-8-24(22)33-26)23-7-5-20(16-27-23)17-34(30,31)19(3)4/h5-8,15-16,18-19H,9-14,17H2,1-4H3. The topological polar surface area (TPSA) is 85.8 Å². The van der Waals surface area contributed by atoms with E-state index in [2.05, 4.69) is 11.1 Å². The van der Waals surface area contributed by atoms with E-state index in [4.69, 9.17) is 9.47 Å². The van der Waals surface area contributed by atoms with Crippen molar-refractivity contribution in [3.05, 3.63) is 47.7 Å². The number of ether oxygens (including phenoxy) is 2. The molecule has 2 aliphatic rings. The molecule has 4 rings (SSSR count). The molecule has 0 N–H and O–H groups in total. The summed E-state index contributed by atoms with van der Waals surface area (Å²) in [5.41, 5.74) is 3.42. The normalized spacial score (nSPS) is 17.5. The Kier molecular flexibility index (Phi) is 6.90. The van der Waals surface area contributed by atoms with Crippen LogP contribution in [-0.4, -0.2) is 54.4 Å². The number of carbonyl (C=O) groups is 1. The molecular formula is C26H34N2O5S. The predicted molar refractivity (Wildman–Crippen MR) is 132 cm³/mol. The van der Waals surface area contributed by atoms with Gasteiger partial charge in [0.1, 0.15) is 11.4 Å². The predicted octanol–water partition coefficient (Wildman–Crippen LogP) is 4.78. The second-order valence-corrected chi connectivity index (χ2v) is 12.5. The Balaban J connectivity index is 1.42. The Bertz CT molecular complexity index is 1130. The summed E-state index contributed by atoms with van der Waals surface area (Å²) in [7, 11) is -3.15. The molecule has 184 valence electrons. The fourth-order valence-corrected chi connectivity index (χ4v) is 5.45. The van der Waals surface area contributed by atoms with Crippen LogP contribution in [0, 0.1) is 0 Å². The maximum atomic E-state index is 12.2. The van der Waals surface area contributed by atoms with Crippen LogP contribution in [0.5, 0.6) is 5.75 Å². The van der Waals surface area contributed by atoms with E-state index in [1.54, 1.807) is 24.9 Å². The monoisotopic (exact) mass is 486 g/mol. The van der Waals surface area contributed by atoms with Crippen molar-refractivity contribution < 1.29 is 22.7 Å². The average Bonchev–Trinajstić information content (AvgIpc) is 2.79. The molecule has 0 saturated carbocycles. The zero-order valence-electron chi connectivity index (χ0n) is 20.4. The number of rotatable bonds is 5. The molecule has 0 radical (unpaired) electrons. The molecule has 0 unspecified atom stereocenters. The van der Waals surface area contributed by atoms with E-state index >= 15 is 0 Å². The first kappa shape index (κ1) is 24.5. The van der Waals surface area contributed by atoms with Crippen molar-refractivity contribution in [2.75, 3.05) is 13.1 Å². The summed E-state index contributed by atoms with van der Waals surface area (Å²) in [5, 5.41) is -0.405. The summed E-state index contributed by atoms with van der Waals surface area (Å²) in [6, 6.07) is 9.84. The molecule has 7 nitrogen and oxygen atoms in total. The number of aromatic nitrogens is 1. The second kappa shape index (κ2) is 9.56. The lowest BCUT2D eigenvalue weighted by molar-refractivity contribution is -0.0172. The number of sulfone groups is 1. The van der Waals surface area contributed by atoms with Crippen LogP contribution < -0.4 is 4.74 Å². The van der Waals surface area contributed by atoms with Gasteiger partial charge in [-0.15, -0.1) is 0 Å². The highest BCUT2D eigenvalue weighted by Crippen LogP contribution is 2.40. The Morgan fingerprint density at radius 2 is 1.85 bits per heavy atom. The van der Waals surface area contributed by atoms with Crippen molar-refractivity contribution >= 4 is 15.9 Å². The van der Waals surface area contributed by atoms with Gasteiger partial charge in [-0.3, -0.25) is 4.98 Å². The Labute approximate surface area is 202 Å². The van der Waals surface area contributed by atoms with Crippen molar-refractivity contribution in [1.29, 1.82) is 0 Å². The van der Waals surface area contributed by atoms with Crippen LogP contribution in [0.1, 0.15) is 58.1 Å². The smallest absolute Gasteiger partial charge is 0.410 e. The number of nitrogens with zero attached hydrogens (tertiary/aromatic N) is 2. The van der Waals surface area contributed by atoms with Crippen molar-refractivity contribution in [2.24, 2.45) is 0 Å². The van der Waals surface area contributed by atoms with Crippen LogP contribution in [0.25, 0.3) is 11.3 Å². The van der Waals surface area contributed by atoms with Gasteiger partial charge in [0.25, 0.3) is 0 Å². The first-order valence-corrected chi connectivity index (χ1v) is 13.7. The number of aryl methyl sites for hydroxylation is 1. The number of likely N-dealkylation sites (tertiary alicyclic amines) is 1. The van der Waals surface area contributed by atoms with E-state index in [0.717, 1.165) is 48.3 Å². The van der Waals surface area contributed by atoms with E-state index in [1.165, 1.54) is 0 Å². The van der Waals surface area contributed by atoms with E-state index in [-0.39, 0.29) is 23.6 Å². The molecule has 0 bridgehead atoms. The summed E-state index contributed by atoms with van der Waals surface area (Å²) in [5.74, 6) is 0.901. The van der Waals surface area contributed by atoms with Gasteiger partial charge in [-0.2, -0.15) is 0 Å². The van der Waals surface area contributed by atoms with Crippen LogP contribution >= 0.6 is 0 Å². The van der Waals surface area contributed by atoms with Crippen LogP contribution in [0.15, 0.2) is 36.5 Å². The third-order valence-corrected chi connectivity index (χ3v) is 8.89. The Morgan fingerprint density at radius 1 is 1.12 bits per heavy atom. The number of piperidine rings is 1. The third kappa shape index (κ3) is 5.37. The fraction of sp³-hybridized carbons (Fsp3) is 0.538. The zero-order chi connectivity index (χ0) is 24.5. The fourth-order valence-electron chi connectivity index (χ4n) is 4.49. The molecule has 1 saturated heterocycles. The molecule has 34 heavy (non-hydrogen) atoms. The Hall–Kier alpha value is -2.61. The maximum Gasteiger partial charge on any atom is 0.410 e. The minimum absolute atomic E-state index is 0.00464. The third-order valence-electron chi connectivity index (χ3n) is 6.71. The average molecular weight is 487 g/mol. The van der Waals surface area contributed by atoms with Crippen LogP contribution in [0.4, 0.5) is 4.79 Å². The van der Waals surface area contributed by atoms with E-state index in [0.29, 0.717) is 18.7 Å². The second-order valence-electron chi connectivity index (χ2n) is 9.93. The highest BCUT2D eigenvalue weighted by Gasteiger charge is 2.41. The van der Waals surface area contributed by atoms with Gasteiger partial charge in [0.05, 0.1) is 22.8 Å². The van der Waals surface area contributed by atoms with Crippen molar-refractivity contribution in [1.82, 2.24) is 9.88 Å². The molecule has 1 aromatic carbocycles. The summed E-state index contributed by atoms with van der Waals surface area (Å²) in [6.45, 7) is 8.39. The number of carbonyl (C=O) groups excluding carboxylic acids is 1. The molecule has 1 spiro atoms. The molecule has 8 heteroatoms. The number of benzene rings is 1. The highest BCUT2D eigenvalue weighted by molar-refractivity contribution is 7.91. The minimum Gasteiger partial charge on any atom is -0.487 e. The van der Waals surface area contributed by atoms with Gasteiger partial charge in [-0.25, -0.2) is 13.2 Å². The van der Waals surface area contributed by atoms with Crippen molar-refractivity contribution in [2.45, 2.75) is 76.1 Å². The largest absolute Gasteiger partial charge is 0.487 e. The lowest BCUT2D eigenvalue weighted by Gasteiger charge is -2.44. The molecule has 2 aliphatic heterocycles. The molecule has 0 aliphatic carbocycles. The molecule has 1 amide bonds. The van der Waals surface area contributed by atoms with Crippen LogP contribution in [-0.2, 0) is 26.7 Å². The lowest BCUT2D eigenvalue weighted by atomic mass is 9.83. The zero-order valence-corrected chi connectivity index (χ0v) is 21.2. The first-order valence-electron chi connectivity index (χ1n) is 12.0. The molecule has 3 heterocycles. The van der Waals surface area contributed by atoms with Gasteiger partial charge in [0.15, 0.2) is 9.84 Å². The summed E-state index contributed by atoms with van der Waals surface area (Å²) in [6.07, 6.45) is 4.70. The quantitative estimate of drug-likeness (QED) is 0.605. The highest BCUT2D eigenvalue weighted by atomic mass is 32.2. The number of amides is 1. The summed E-state index contributed by atoms with van der Waals surface area (Å²) in [4.78, 5) is 18.5. The number of pyridine rings is 1. The summed E-state index contributed by atoms with van der Waals surface area (Å²) >= 11 is 0. The lowest BCUT2D eigenvalue weighted by Crippen LogP contribution is -2.51. The molecule has 1 fully saturated rings. The number of hydrogen-bond acceptors (Lipinski definition) is 6. The van der Waals surface area contributed by atoms with Crippen molar-refractivity contribution in [3.63, 3.8) is 0 Å².